The molecule has 2 aliphatic rings. The maximum Gasteiger partial charge on any atom is 0.126 e. The van der Waals surface area contributed by atoms with Crippen LogP contribution in [0.3, 0.4) is 0 Å². The fraction of sp³-hybridized carbons (Fsp3) is 0.647. The van der Waals surface area contributed by atoms with Crippen molar-refractivity contribution in [3.8, 4) is 0 Å². The van der Waals surface area contributed by atoms with Crippen molar-refractivity contribution in [1.29, 1.82) is 0 Å². The molecule has 1 N–H and O–H groups in total. The van der Waals surface area contributed by atoms with Crippen molar-refractivity contribution in [2.75, 3.05) is 13.1 Å². The van der Waals surface area contributed by atoms with E-state index in [1.807, 2.05) is 0 Å². The summed E-state index contributed by atoms with van der Waals surface area (Å²) in [5.41, 5.74) is 0.340. The SMILES string of the molecule is OC(CCN1CCC2CCCCC21)c1cc(F)cc(F)c1. The Morgan fingerprint density at radius 3 is 2.57 bits per heavy atom. The second kappa shape index (κ2) is 6.41. The van der Waals surface area contributed by atoms with Crippen LogP contribution in [0.1, 0.15) is 50.2 Å². The topological polar surface area (TPSA) is 23.5 Å². The third kappa shape index (κ3) is 3.43. The van der Waals surface area contributed by atoms with Gasteiger partial charge in [-0.1, -0.05) is 12.8 Å². The van der Waals surface area contributed by atoms with Gasteiger partial charge in [0, 0.05) is 18.7 Å². The van der Waals surface area contributed by atoms with E-state index in [1.54, 1.807) is 0 Å². The second-order valence-corrected chi connectivity index (χ2v) is 6.44. The van der Waals surface area contributed by atoms with Crippen LogP contribution in [0.15, 0.2) is 18.2 Å². The van der Waals surface area contributed by atoms with Crippen LogP contribution in [0.2, 0.25) is 0 Å². The van der Waals surface area contributed by atoms with E-state index in [1.165, 1.54) is 44.2 Å². The van der Waals surface area contributed by atoms with E-state index in [0.717, 1.165) is 25.1 Å². The van der Waals surface area contributed by atoms with Crippen LogP contribution < -0.4 is 0 Å². The Hall–Kier alpha value is -1.00. The highest BCUT2D eigenvalue weighted by Gasteiger charge is 2.35. The van der Waals surface area contributed by atoms with Gasteiger partial charge >= 0.3 is 0 Å². The number of benzene rings is 1. The molecule has 21 heavy (non-hydrogen) atoms. The molecule has 0 amide bonds. The van der Waals surface area contributed by atoms with Gasteiger partial charge in [0.05, 0.1) is 6.10 Å². The third-order valence-electron chi connectivity index (χ3n) is 5.08. The minimum Gasteiger partial charge on any atom is -0.388 e. The first-order valence-electron chi connectivity index (χ1n) is 8.01. The molecule has 3 rings (SSSR count). The van der Waals surface area contributed by atoms with Crippen LogP contribution in [-0.4, -0.2) is 29.1 Å². The number of rotatable bonds is 4. The number of likely N-dealkylation sites (tertiary alicyclic amines) is 1. The van der Waals surface area contributed by atoms with E-state index in [2.05, 4.69) is 4.90 Å². The molecule has 0 bridgehead atoms. The highest BCUT2D eigenvalue weighted by molar-refractivity contribution is 5.20. The Morgan fingerprint density at radius 2 is 1.81 bits per heavy atom. The molecule has 0 radical (unpaired) electrons. The van der Waals surface area contributed by atoms with E-state index >= 15 is 0 Å². The van der Waals surface area contributed by atoms with E-state index in [0.29, 0.717) is 18.0 Å². The van der Waals surface area contributed by atoms with Crippen LogP contribution in [0.4, 0.5) is 8.78 Å². The average molecular weight is 295 g/mol. The first-order chi connectivity index (χ1) is 10.1. The number of nitrogens with zero attached hydrogens (tertiary/aromatic N) is 1. The number of hydrogen-bond donors (Lipinski definition) is 1. The maximum absolute atomic E-state index is 13.2. The number of aliphatic hydroxyl groups is 1. The molecule has 1 saturated heterocycles. The summed E-state index contributed by atoms with van der Waals surface area (Å²) in [5, 5.41) is 10.2. The molecule has 4 heteroatoms. The Bertz CT molecular complexity index is 473. The molecule has 1 heterocycles. The van der Waals surface area contributed by atoms with Crippen molar-refractivity contribution < 1.29 is 13.9 Å². The molecule has 2 nitrogen and oxygen atoms in total. The second-order valence-electron chi connectivity index (χ2n) is 6.44. The molecular weight excluding hydrogens is 272 g/mol. The fourth-order valence-electron chi connectivity index (χ4n) is 4.00. The summed E-state index contributed by atoms with van der Waals surface area (Å²) in [7, 11) is 0. The van der Waals surface area contributed by atoms with Crippen molar-refractivity contribution in [2.24, 2.45) is 5.92 Å². The first-order valence-corrected chi connectivity index (χ1v) is 8.01. The quantitative estimate of drug-likeness (QED) is 0.916. The molecule has 1 saturated carbocycles. The predicted octanol–water partition coefficient (Wildman–Crippen LogP) is 3.65. The maximum atomic E-state index is 13.2. The Morgan fingerprint density at radius 1 is 1.10 bits per heavy atom. The van der Waals surface area contributed by atoms with Gasteiger partial charge in [-0.05, 0) is 55.8 Å². The van der Waals surface area contributed by atoms with Crippen molar-refractivity contribution in [3.05, 3.63) is 35.4 Å². The van der Waals surface area contributed by atoms with Gasteiger partial charge < -0.3 is 5.11 Å². The normalized spacial score (nSPS) is 27.6. The molecule has 1 aliphatic carbocycles. The molecule has 1 aliphatic heterocycles. The van der Waals surface area contributed by atoms with Crippen LogP contribution in [0.25, 0.3) is 0 Å². The van der Waals surface area contributed by atoms with Gasteiger partial charge in [-0.15, -0.1) is 0 Å². The van der Waals surface area contributed by atoms with Gasteiger partial charge in [0.2, 0.25) is 0 Å². The van der Waals surface area contributed by atoms with Crippen molar-refractivity contribution in [2.45, 2.75) is 50.7 Å². The zero-order valence-corrected chi connectivity index (χ0v) is 12.3. The van der Waals surface area contributed by atoms with Crippen LogP contribution in [0.5, 0.6) is 0 Å². The van der Waals surface area contributed by atoms with Crippen LogP contribution in [0, 0.1) is 17.6 Å². The molecule has 3 unspecified atom stereocenters. The van der Waals surface area contributed by atoms with Gasteiger partial charge in [0.25, 0.3) is 0 Å². The summed E-state index contributed by atoms with van der Waals surface area (Å²) < 4.78 is 26.4. The Labute approximate surface area is 124 Å². The molecular formula is C17H23F2NO. The smallest absolute Gasteiger partial charge is 0.126 e. The minimum absolute atomic E-state index is 0.340. The summed E-state index contributed by atoms with van der Waals surface area (Å²) in [5.74, 6) is -0.433. The largest absolute Gasteiger partial charge is 0.388 e. The number of halogens is 2. The first kappa shape index (κ1) is 14.9. The zero-order chi connectivity index (χ0) is 14.8. The van der Waals surface area contributed by atoms with Crippen LogP contribution in [-0.2, 0) is 0 Å². The lowest BCUT2D eigenvalue weighted by molar-refractivity contribution is 0.122. The lowest BCUT2D eigenvalue weighted by Crippen LogP contribution is -2.35. The van der Waals surface area contributed by atoms with Crippen molar-refractivity contribution in [3.63, 3.8) is 0 Å². The lowest BCUT2D eigenvalue weighted by atomic mass is 9.85. The minimum atomic E-state index is -0.794. The van der Waals surface area contributed by atoms with Crippen LogP contribution >= 0.6 is 0 Å². The number of hydrogen-bond acceptors (Lipinski definition) is 2. The molecule has 0 spiro atoms. The van der Waals surface area contributed by atoms with Gasteiger partial charge in [-0.3, -0.25) is 4.90 Å². The molecule has 3 atom stereocenters. The van der Waals surface area contributed by atoms with Gasteiger partial charge in [0.15, 0.2) is 0 Å². The van der Waals surface area contributed by atoms with Crippen molar-refractivity contribution >= 4 is 0 Å². The monoisotopic (exact) mass is 295 g/mol. The summed E-state index contributed by atoms with van der Waals surface area (Å²) >= 11 is 0. The number of fused-ring (bicyclic) bond motifs is 1. The Kier molecular flexibility index (Phi) is 4.55. The van der Waals surface area contributed by atoms with Gasteiger partial charge in [-0.25, -0.2) is 8.78 Å². The fourth-order valence-corrected chi connectivity index (χ4v) is 4.00. The number of aliphatic hydroxyl groups excluding tert-OH is 1. The molecule has 2 fully saturated rings. The van der Waals surface area contributed by atoms with Gasteiger partial charge in [-0.2, -0.15) is 0 Å². The summed E-state index contributed by atoms with van der Waals surface area (Å²) in [4.78, 5) is 2.46. The predicted molar refractivity (Wildman–Crippen MR) is 77.9 cm³/mol. The zero-order valence-electron chi connectivity index (χ0n) is 12.3. The standard InChI is InChI=1S/C17H23F2NO/c18-14-9-13(10-15(19)11-14)17(21)6-8-20-7-5-12-3-1-2-4-16(12)20/h9-12,16-17,21H,1-8H2. The summed E-state index contributed by atoms with van der Waals surface area (Å²) in [6.07, 6.45) is 6.24. The summed E-state index contributed by atoms with van der Waals surface area (Å²) in [6.45, 7) is 1.90. The van der Waals surface area contributed by atoms with E-state index in [4.69, 9.17) is 0 Å². The Balaban J connectivity index is 1.57. The molecule has 1 aromatic carbocycles. The highest BCUT2D eigenvalue weighted by Crippen LogP contribution is 2.36. The van der Waals surface area contributed by atoms with E-state index in [9.17, 15) is 13.9 Å². The van der Waals surface area contributed by atoms with Gasteiger partial charge in [0.1, 0.15) is 11.6 Å². The molecule has 1 aromatic rings. The molecule has 0 aromatic heterocycles. The third-order valence-corrected chi connectivity index (χ3v) is 5.08. The molecule has 116 valence electrons. The lowest BCUT2D eigenvalue weighted by Gasteiger charge is -2.32. The van der Waals surface area contributed by atoms with E-state index in [-0.39, 0.29) is 0 Å². The highest BCUT2D eigenvalue weighted by atomic mass is 19.1. The van der Waals surface area contributed by atoms with E-state index < -0.39 is 17.7 Å². The average Bonchev–Trinajstić information content (AvgIpc) is 2.87. The van der Waals surface area contributed by atoms with Crippen molar-refractivity contribution in [1.82, 2.24) is 4.90 Å². The summed E-state index contributed by atoms with van der Waals surface area (Å²) in [6, 6.07) is 3.95.